The molecule has 0 aromatic heterocycles. The smallest absolute Gasteiger partial charge is 0.00615 e. The summed E-state index contributed by atoms with van der Waals surface area (Å²) in [5.74, 6) is 1.78. The molecular weight excluding hydrogens is 182 g/mol. The van der Waals surface area contributed by atoms with E-state index in [-0.39, 0.29) is 0 Å². The Balaban J connectivity index is 3.43. The summed E-state index contributed by atoms with van der Waals surface area (Å²) in [7, 11) is 2.08. The second kappa shape index (κ2) is 9.21. The van der Waals surface area contributed by atoms with Crippen molar-refractivity contribution in [2.75, 3.05) is 7.05 Å². The van der Waals surface area contributed by atoms with Crippen LogP contribution in [0.25, 0.3) is 0 Å². The van der Waals surface area contributed by atoms with Crippen molar-refractivity contribution in [3.05, 3.63) is 0 Å². The summed E-state index contributed by atoms with van der Waals surface area (Å²) in [6.07, 6.45) is 8.21. The molecule has 0 aliphatic heterocycles. The van der Waals surface area contributed by atoms with E-state index < -0.39 is 0 Å². The zero-order chi connectivity index (χ0) is 11.7. The molecule has 0 aliphatic carbocycles. The molecule has 0 rings (SSSR count). The molecule has 1 nitrogen and oxygen atoms in total. The van der Waals surface area contributed by atoms with Gasteiger partial charge in [0.2, 0.25) is 0 Å². The lowest BCUT2D eigenvalue weighted by molar-refractivity contribution is 0.390. The first-order valence-electron chi connectivity index (χ1n) is 6.77. The Hall–Kier alpha value is -0.0400. The normalized spacial score (nSPS) is 15.6. The Bertz CT molecular complexity index is 127. The third-order valence-electron chi connectivity index (χ3n) is 3.39. The van der Waals surface area contributed by atoms with Gasteiger partial charge >= 0.3 is 0 Å². The van der Waals surface area contributed by atoms with Crippen molar-refractivity contribution in [2.45, 2.75) is 72.3 Å². The summed E-state index contributed by atoms with van der Waals surface area (Å²) in [6.45, 7) is 9.31. The number of hydrogen-bond acceptors (Lipinski definition) is 1. The van der Waals surface area contributed by atoms with E-state index in [0.717, 1.165) is 17.9 Å². The van der Waals surface area contributed by atoms with Crippen LogP contribution >= 0.6 is 0 Å². The fourth-order valence-electron chi connectivity index (χ4n) is 2.06. The van der Waals surface area contributed by atoms with Crippen LogP contribution in [-0.4, -0.2) is 13.1 Å². The van der Waals surface area contributed by atoms with Crippen LogP contribution in [0.3, 0.4) is 0 Å². The van der Waals surface area contributed by atoms with Crippen molar-refractivity contribution in [1.29, 1.82) is 0 Å². The molecule has 0 amide bonds. The van der Waals surface area contributed by atoms with Gasteiger partial charge in [-0.05, 0) is 38.1 Å². The highest BCUT2D eigenvalue weighted by Gasteiger charge is 2.07. The van der Waals surface area contributed by atoms with Gasteiger partial charge in [0.1, 0.15) is 0 Å². The van der Waals surface area contributed by atoms with Crippen molar-refractivity contribution < 1.29 is 0 Å². The first-order chi connectivity index (χ1) is 7.10. The predicted octanol–water partition coefficient (Wildman–Crippen LogP) is 4.23. The fourth-order valence-corrected chi connectivity index (χ4v) is 2.06. The second-order valence-corrected chi connectivity index (χ2v) is 5.40. The molecule has 0 aliphatic rings. The van der Waals surface area contributed by atoms with Crippen LogP contribution in [0.2, 0.25) is 0 Å². The first-order valence-corrected chi connectivity index (χ1v) is 6.77. The molecule has 0 saturated heterocycles. The van der Waals surface area contributed by atoms with Crippen LogP contribution in [0.5, 0.6) is 0 Å². The van der Waals surface area contributed by atoms with Gasteiger partial charge in [0.25, 0.3) is 0 Å². The Labute approximate surface area is 97.0 Å². The molecule has 1 heteroatoms. The Morgan fingerprint density at radius 3 is 2.07 bits per heavy atom. The minimum Gasteiger partial charge on any atom is -0.317 e. The SMILES string of the molecule is CCC(CCC(C)CCCC(C)C)NC. The lowest BCUT2D eigenvalue weighted by Gasteiger charge is -2.17. The van der Waals surface area contributed by atoms with Gasteiger partial charge in [-0.25, -0.2) is 0 Å². The monoisotopic (exact) mass is 213 g/mol. The van der Waals surface area contributed by atoms with Crippen molar-refractivity contribution >= 4 is 0 Å². The maximum absolute atomic E-state index is 3.38. The van der Waals surface area contributed by atoms with Crippen molar-refractivity contribution in [3.63, 3.8) is 0 Å². The minimum absolute atomic E-state index is 0.734. The summed E-state index contributed by atoms with van der Waals surface area (Å²) in [6, 6.07) is 0.734. The maximum Gasteiger partial charge on any atom is 0.00615 e. The van der Waals surface area contributed by atoms with E-state index >= 15 is 0 Å². The van der Waals surface area contributed by atoms with Gasteiger partial charge in [-0.1, -0.05) is 47.0 Å². The molecule has 1 N–H and O–H groups in total. The molecule has 0 radical (unpaired) electrons. The van der Waals surface area contributed by atoms with Crippen LogP contribution in [0.1, 0.15) is 66.2 Å². The van der Waals surface area contributed by atoms with Gasteiger partial charge < -0.3 is 5.32 Å². The van der Waals surface area contributed by atoms with Crippen molar-refractivity contribution in [3.8, 4) is 0 Å². The molecule has 2 unspecified atom stereocenters. The Morgan fingerprint density at radius 2 is 1.60 bits per heavy atom. The first kappa shape index (κ1) is 15.0. The second-order valence-electron chi connectivity index (χ2n) is 5.40. The van der Waals surface area contributed by atoms with Gasteiger partial charge in [-0.3, -0.25) is 0 Å². The molecule has 0 bridgehead atoms. The third kappa shape index (κ3) is 8.92. The highest BCUT2D eigenvalue weighted by Crippen LogP contribution is 2.17. The highest BCUT2D eigenvalue weighted by molar-refractivity contribution is 4.64. The molecule has 0 fully saturated rings. The molecule has 2 atom stereocenters. The Kier molecular flexibility index (Phi) is 9.18. The van der Waals surface area contributed by atoms with Gasteiger partial charge in [-0.2, -0.15) is 0 Å². The quantitative estimate of drug-likeness (QED) is 0.604. The summed E-state index contributed by atoms with van der Waals surface area (Å²) in [5, 5.41) is 3.38. The summed E-state index contributed by atoms with van der Waals surface area (Å²) >= 11 is 0. The lowest BCUT2D eigenvalue weighted by Crippen LogP contribution is -2.24. The minimum atomic E-state index is 0.734. The molecule has 92 valence electrons. The van der Waals surface area contributed by atoms with E-state index in [2.05, 4.69) is 40.1 Å². The fraction of sp³-hybridized carbons (Fsp3) is 1.00. The summed E-state index contributed by atoms with van der Waals surface area (Å²) in [4.78, 5) is 0. The summed E-state index contributed by atoms with van der Waals surface area (Å²) < 4.78 is 0. The van der Waals surface area contributed by atoms with E-state index in [1.54, 1.807) is 0 Å². The van der Waals surface area contributed by atoms with Crippen LogP contribution < -0.4 is 5.32 Å². The predicted molar refractivity (Wildman–Crippen MR) is 70.2 cm³/mol. The van der Waals surface area contributed by atoms with Crippen LogP contribution in [0.4, 0.5) is 0 Å². The van der Waals surface area contributed by atoms with Gasteiger partial charge in [0.05, 0.1) is 0 Å². The van der Waals surface area contributed by atoms with E-state index in [1.165, 1.54) is 38.5 Å². The molecule has 0 aromatic carbocycles. The van der Waals surface area contributed by atoms with Crippen LogP contribution in [-0.2, 0) is 0 Å². The maximum atomic E-state index is 3.38. The summed E-state index contributed by atoms with van der Waals surface area (Å²) in [5.41, 5.74) is 0. The van der Waals surface area contributed by atoms with E-state index in [1.807, 2.05) is 0 Å². The average Bonchev–Trinajstić information content (AvgIpc) is 2.18. The number of nitrogens with one attached hydrogen (secondary N) is 1. The van der Waals surface area contributed by atoms with Crippen molar-refractivity contribution in [1.82, 2.24) is 5.32 Å². The lowest BCUT2D eigenvalue weighted by atomic mass is 9.94. The zero-order valence-corrected chi connectivity index (χ0v) is 11.5. The topological polar surface area (TPSA) is 12.0 Å². The standard InChI is InChI=1S/C14H31N/c1-6-14(15-5)11-10-13(4)9-7-8-12(2)3/h12-15H,6-11H2,1-5H3. The highest BCUT2D eigenvalue weighted by atomic mass is 14.9. The van der Waals surface area contributed by atoms with E-state index in [4.69, 9.17) is 0 Å². The number of rotatable bonds is 9. The molecular formula is C14H31N. The molecule has 0 saturated carbocycles. The van der Waals surface area contributed by atoms with Gasteiger partial charge in [0, 0.05) is 6.04 Å². The Morgan fingerprint density at radius 1 is 0.933 bits per heavy atom. The third-order valence-corrected chi connectivity index (χ3v) is 3.39. The van der Waals surface area contributed by atoms with Crippen molar-refractivity contribution in [2.24, 2.45) is 11.8 Å². The molecule has 0 spiro atoms. The average molecular weight is 213 g/mol. The van der Waals surface area contributed by atoms with Crippen LogP contribution in [0, 0.1) is 11.8 Å². The molecule has 15 heavy (non-hydrogen) atoms. The molecule has 0 aromatic rings. The zero-order valence-electron chi connectivity index (χ0n) is 11.5. The number of hydrogen-bond donors (Lipinski definition) is 1. The van der Waals surface area contributed by atoms with E-state index in [9.17, 15) is 0 Å². The van der Waals surface area contributed by atoms with Gasteiger partial charge in [-0.15, -0.1) is 0 Å². The van der Waals surface area contributed by atoms with E-state index in [0.29, 0.717) is 0 Å². The van der Waals surface area contributed by atoms with Gasteiger partial charge in [0.15, 0.2) is 0 Å². The largest absolute Gasteiger partial charge is 0.317 e. The van der Waals surface area contributed by atoms with Crippen LogP contribution in [0.15, 0.2) is 0 Å². The molecule has 0 heterocycles.